The van der Waals surface area contributed by atoms with Gasteiger partial charge in [-0.1, -0.05) is 13.8 Å². The lowest BCUT2D eigenvalue weighted by Gasteiger charge is -2.29. The minimum Gasteiger partial charge on any atom is -0.353 e. The molecule has 0 bridgehead atoms. The number of hydrogen-bond acceptors (Lipinski definition) is 2. The van der Waals surface area contributed by atoms with Crippen LogP contribution >= 0.6 is 15.9 Å². The van der Waals surface area contributed by atoms with E-state index in [1.807, 2.05) is 6.92 Å². The summed E-state index contributed by atoms with van der Waals surface area (Å²) >= 11 is 3.50. The monoisotopic (exact) mass is 282 g/mol. The molecule has 1 aromatic rings. The molecule has 1 aliphatic heterocycles. The number of pyridine rings is 1. The van der Waals surface area contributed by atoms with Gasteiger partial charge in [0.15, 0.2) is 0 Å². The molecule has 0 aromatic carbocycles. The molecule has 0 saturated carbocycles. The second-order valence-electron chi connectivity index (χ2n) is 4.88. The fourth-order valence-electron chi connectivity index (χ4n) is 2.46. The van der Waals surface area contributed by atoms with Crippen molar-refractivity contribution in [2.45, 2.75) is 39.7 Å². The van der Waals surface area contributed by atoms with E-state index in [1.165, 1.54) is 12.8 Å². The molecular weight excluding hydrogens is 264 g/mol. The summed E-state index contributed by atoms with van der Waals surface area (Å²) in [5.41, 5.74) is 1.08. The van der Waals surface area contributed by atoms with Crippen LogP contribution in [-0.4, -0.2) is 17.6 Å². The first kappa shape index (κ1) is 11.9. The molecule has 1 fully saturated rings. The molecule has 1 unspecified atom stereocenters. The first-order chi connectivity index (χ1) is 7.59. The normalized spacial score (nSPS) is 20.8. The van der Waals surface area contributed by atoms with Crippen molar-refractivity contribution in [2.75, 3.05) is 11.4 Å². The Morgan fingerprint density at radius 2 is 2.19 bits per heavy atom. The fourth-order valence-corrected chi connectivity index (χ4v) is 2.68. The first-order valence-corrected chi connectivity index (χ1v) is 6.78. The Bertz CT molecular complexity index is 376. The first-order valence-electron chi connectivity index (χ1n) is 5.99. The van der Waals surface area contributed by atoms with Crippen molar-refractivity contribution in [2.24, 2.45) is 5.92 Å². The molecule has 1 saturated heterocycles. The molecule has 1 atom stereocenters. The van der Waals surface area contributed by atoms with Crippen LogP contribution in [-0.2, 0) is 0 Å². The van der Waals surface area contributed by atoms with E-state index < -0.39 is 0 Å². The average Bonchev–Trinajstić information content (AvgIpc) is 2.71. The third-order valence-electron chi connectivity index (χ3n) is 3.37. The minimum absolute atomic E-state index is 0.660. The van der Waals surface area contributed by atoms with Gasteiger partial charge in [-0.3, -0.25) is 0 Å². The lowest BCUT2D eigenvalue weighted by molar-refractivity contribution is 0.489. The topological polar surface area (TPSA) is 16.1 Å². The van der Waals surface area contributed by atoms with Crippen molar-refractivity contribution in [1.29, 1.82) is 0 Å². The maximum absolute atomic E-state index is 4.67. The Kier molecular flexibility index (Phi) is 3.53. The summed E-state index contributed by atoms with van der Waals surface area (Å²) in [7, 11) is 0. The van der Waals surface area contributed by atoms with Crippen LogP contribution in [0.15, 0.2) is 16.6 Å². The van der Waals surface area contributed by atoms with Crippen LogP contribution in [0.25, 0.3) is 0 Å². The Morgan fingerprint density at radius 3 is 2.81 bits per heavy atom. The van der Waals surface area contributed by atoms with Crippen molar-refractivity contribution in [3.8, 4) is 0 Å². The molecule has 0 spiro atoms. The van der Waals surface area contributed by atoms with Gasteiger partial charge in [-0.05, 0) is 53.7 Å². The van der Waals surface area contributed by atoms with Crippen molar-refractivity contribution in [3.05, 3.63) is 22.3 Å². The van der Waals surface area contributed by atoms with Gasteiger partial charge >= 0.3 is 0 Å². The highest BCUT2D eigenvalue weighted by Crippen LogP contribution is 2.29. The van der Waals surface area contributed by atoms with Gasteiger partial charge < -0.3 is 4.90 Å². The van der Waals surface area contributed by atoms with Crippen LogP contribution in [0.4, 0.5) is 5.82 Å². The van der Waals surface area contributed by atoms with Gasteiger partial charge in [-0.15, -0.1) is 0 Å². The zero-order chi connectivity index (χ0) is 11.7. The van der Waals surface area contributed by atoms with E-state index in [2.05, 4.69) is 51.8 Å². The molecule has 16 heavy (non-hydrogen) atoms. The summed E-state index contributed by atoms with van der Waals surface area (Å²) in [6, 6.07) is 4.89. The van der Waals surface area contributed by atoms with Crippen LogP contribution in [0.3, 0.4) is 0 Å². The molecule has 3 heteroatoms. The van der Waals surface area contributed by atoms with E-state index in [1.54, 1.807) is 0 Å². The van der Waals surface area contributed by atoms with Crippen LogP contribution in [0.1, 0.15) is 32.4 Å². The predicted molar refractivity (Wildman–Crippen MR) is 71.9 cm³/mol. The third kappa shape index (κ3) is 2.24. The predicted octanol–water partition coefficient (Wildman–Crippen LogP) is 3.78. The molecule has 2 rings (SSSR count). The molecule has 2 heterocycles. The molecule has 0 amide bonds. The maximum Gasteiger partial charge on any atom is 0.129 e. The Labute approximate surface area is 106 Å². The summed E-state index contributed by atoms with van der Waals surface area (Å²) in [4.78, 5) is 7.13. The van der Waals surface area contributed by atoms with Crippen LogP contribution < -0.4 is 4.90 Å². The maximum atomic E-state index is 4.67. The van der Waals surface area contributed by atoms with Gasteiger partial charge in [0.25, 0.3) is 0 Å². The molecule has 1 aliphatic rings. The number of nitrogens with zero attached hydrogens (tertiary/aromatic N) is 2. The van der Waals surface area contributed by atoms with Crippen molar-refractivity contribution in [3.63, 3.8) is 0 Å². The molecule has 88 valence electrons. The standard InChI is InChI=1S/C13H19BrN2/c1-9(2)12-5-4-8-16(12)13-7-6-11(14)10(3)15-13/h6-7,9,12H,4-5,8H2,1-3H3. The summed E-state index contributed by atoms with van der Waals surface area (Å²) in [6.07, 6.45) is 2.59. The second-order valence-corrected chi connectivity index (χ2v) is 5.74. The van der Waals surface area contributed by atoms with E-state index in [0.717, 1.165) is 22.5 Å². The van der Waals surface area contributed by atoms with Crippen molar-refractivity contribution < 1.29 is 0 Å². The average molecular weight is 283 g/mol. The SMILES string of the molecule is Cc1nc(N2CCCC2C(C)C)ccc1Br. The van der Waals surface area contributed by atoms with Gasteiger partial charge in [0.1, 0.15) is 5.82 Å². The quantitative estimate of drug-likeness (QED) is 0.821. The Balaban J connectivity index is 2.26. The highest BCUT2D eigenvalue weighted by atomic mass is 79.9. The van der Waals surface area contributed by atoms with Crippen LogP contribution in [0.2, 0.25) is 0 Å². The highest BCUT2D eigenvalue weighted by Gasteiger charge is 2.27. The van der Waals surface area contributed by atoms with Crippen LogP contribution in [0.5, 0.6) is 0 Å². The summed E-state index contributed by atoms with van der Waals surface area (Å²) in [5, 5.41) is 0. The number of aromatic nitrogens is 1. The molecule has 0 radical (unpaired) electrons. The molecule has 1 aromatic heterocycles. The van der Waals surface area contributed by atoms with E-state index in [9.17, 15) is 0 Å². The van der Waals surface area contributed by atoms with E-state index in [-0.39, 0.29) is 0 Å². The van der Waals surface area contributed by atoms with Gasteiger partial charge in [-0.2, -0.15) is 0 Å². The Morgan fingerprint density at radius 1 is 1.44 bits per heavy atom. The fraction of sp³-hybridized carbons (Fsp3) is 0.615. The van der Waals surface area contributed by atoms with E-state index in [4.69, 9.17) is 0 Å². The highest BCUT2D eigenvalue weighted by molar-refractivity contribution is 9.10. The summed E-state index contributed by atoms with van der Waals surface area (Å²) < 4.78 is 1.09. The zero-order valence-electron chi connectivity index (χ0n) is 10.2. The van der Waals surface area contributed by atoms with Gasteiger partial charge in [-0.25, -0.2) is 4.98 Å². The second kappa shape index (κ2) is 4.74. The van der Waals surface area contributed by atoms with Crippen molar-refractivity contribution in [1.82, 2.24) is 4.98 Å². The lowest BCUT2D eigenvalue weighted by Crippen LogP contribution is -2.34. The Hall–Kier alpha value is -0.570. The van der Waals surface area contributed by atoms with Crippen molar-refractivity contribution >= 4 is 21.7 Å². The summed E-state index contributed by atoms with van der Waals surface area (Å²) in [6.45, 7) is 7.80. The number of halogens is 1. The smallest absolute Gasteiger partial charge is 0.129 e. The van der Waals surface area contributed by atoms with Gasteiger partial charge in [0.05, 0.1) is 5.69 Å². The molecule has 2 nitrogen and oxygen atoms in total. The molecule has 0 aliphatic carbocycles. The number of rotatable bonds is 2. The third-order valence-corrected chi connectivity index (χ3v) is 4.21. The number of anilines is 1. The van der Waals surface area contributed by atoms with Crippen LogP contribution in [0, 0.1) is 12.8 Å². The molecule has 0 N–H and O–H groups in total. The number of hydrogen-bond donors (Lipinski definition) is 0. The summed E-state index contributed by atoms with van der Waals surface area (Å²) in [5.74, 6) is 1.84. The largest absolute Gasteiger partial charge is 0.353 e. The van der Waals surface area contributed by atoms with E-state index in [0.29, 0.717) is 12.0 Å². The van der Waals surface area contributed by atoms with E-state index >= 15 is 0 Å². The minimum atomic E-state index is 0.660. The lowest BCUT2D eigenvalue weighted by atomic mass is 10.0. The molecular formula is C13H19BrN2. The zero-order valence-corrected chi connectivity index (χ0v) is 11.8. The number of aryl methyl sites for hydroxylation is 1. The van der Waals surface area contributed by atoms with Gasteiger partial charge in [0, 0.05) is 17.1 Å². The van der Waals surface area contributed by atoms with Gasteiger partial charge in [0.2, 0.25) is 0 Å².